The number of ether oxygens (including phenoxy) is 4. The Labute approximate surface area is 140 Å². The van der Waals surface area contributed by atoms with Crippen LogP contribution in [0.3, 0.4) is 0 Å². The largest absolute Gasteiger partial charge is 0.454 e. The third-order valence-electron chi connectivity index (χ3n) is 4.14. The van der Waals surface area contributed by atoms with Crippen molar-refractivity contribution in [2.45, 2.75) is 25.8 Å². The van der Waals surface area contributed by atoms with Crippen LogP contribution in [0.15, 0.2) is 41.4 Å². The van der Waals surface area contributed by atoms with Gasteiger partial charge in [-0.1, -0.05) is 19.4 Å². The van der Waals surface area contributed by atoms with Crippen molar-refractivity contribution in [2.75, 3.05) is 13.6 Å². The highest BCUT2D eigenvalue weighted by molar-refractivity contribution is 5.81. The zero-order chi connectivity index (χ0) is 16.4. The van der Waals surface area contributed by atoms with Gasteiger partial charge in [0, 0.05) is 6.21 Å². The third-order valence-corrected chi connectivity index (χ3v) is 4.14. The van der Waals surface area contributed by atoms with Gasteiger partial charge >= 0.3 is 0 Å². The second kappa shape index (κ2) is 6.43. The van der Waals surface area contributed by atoms with E-state index in [0.29, 0.717) is 0 Å². The maximum atomic E-state index is 5.48. The minimum absolute atomic E-state index is 0.0925. The molecule has 0 fully saturated rings. The zero-order valence-corrected chi connectivity index (χ0v) is 13.5. The molecule has 2 aliphatic rings. The van der Waals surface area contributed by atoms with Gasteiger partial charge in [-0.2, -0.15) is 0 Å². The Balaban J connectivity index is 1.57. The fraction of sp³-hybridized carbons (Fsp3) is 0.316. The summed E-state index contributed by atoms with van der Waals surface area (Å²) in [6.45, 7) is 2.74. The number of rotatable bonds is 5. The summed E-state index contributed by atoms with van der Waals surface area (Å²) in [7, 11) is 0. The SMILES string of the molecule is CCC[C@H](N=Cc1ccc2c(c1)OCO2)c1ccc2c(c1)OCO2. The average Bonchev–Trinajstić information content (AvgIpc) is 3.26. The van der Waals surface area contributed by atoms with E-state index in [1.165, 1.54) is 0 Å². The quantitative estimate of drug-likeness (QED) is 0.777. The van der Waals surface area contributed by atoms with Crippen LogP contribution < -0.4 is 18.9 Å². The highest BCUT2D eigenvalue weighted by Gasteiger charge is 2.17. The van der Waals surface area contributed by atoms with Crippen LogP contribution in [0.2, 0.25) is 0 Å². The summed E-state index contributed by atoms with van der Waals surface area (Å²) in [4.78, 5) is 4.79. The molecule has 0 aliphatic carbocycles. The first-order valence-corrected chi connectivity index (χ1v) is 8.16. The minimum Gasteiger partial charge on any atom is -0.454 e. The van der Waals surface area contributed by atoms with Crippen molar-refractivity contribution < 1.29 is 18.9 Å². The molecular weight excluding hydrogens is 306 g/mol. The first-order valence-electron chi connectivity index (χ1n) is 8.16. The summed E-state index contributed by atoms with van der Waals surface area (Å²) < 4.78 is 21.6. The van der Waals surface area contributed by atoms with Crippen molar-refractivity contribution in [2.24, 2.45) is 4.99 Å². The molecule has 0 aromatic heterocycles. The molecule has 0 saturated carbocycles. The van der Waals surface area contributed by atoms with Gasteiger partial charge in [0.05, 0.1) is 6.04 Å². The summed E-state index contributed by atoms with van der Waals surface area (Å²) in [5.74, 6) is 3.16. The first kappa shape index (κ1) is 14.9. The van der Waals surface area contributed by atoms with Crippen LogP contribution in [0, 0.1) is 0 Å². The molecule has 2 aliphatic heterocycles. The van der Waals surface area contributed by atoms with Crippen LogP contribution in [0.1, 0.15) is 36.9 Å². The molecule has 5 heteroatoms. The van der Waals surface area contributed by atoms with Gasteiger partial charge in [0.2, 0.25) is 13.6 Å². The van der Waals surface area contributed by atoms with Crippen LogP contribution in [0.5, 0.6) is 23.0 Å². The van der Waals surface area contributed by atoms with Crippen molar-refractivity contribution in [3.05, 3.63) is 47.5 Å². The molecule has 4 rings (SSSR count). The minimum atomic E-state index is 0.0925. The van der Waals surface area contributed by atoms with Gasteiger partial charge in [-0.05, 0) is 47.9 Å². The molecule has 24 heavy (non-hydrogen) atoms. The molecule has 0 amide bonds. The van der Waals surface area contributed by atoms with Gasteiger partial charge in [-0.15, -0.1) is 0 Å². The van der Waals surface area contributed by atoms with Gasteiger partial charge in [0.25, 0.3) is 0 Å². The van der Waals surface area contributed by atoms with E-state index in [1.807, 2.05) is 36.5 Å². The molecule has 0 N–H and O–H groups in total. The third kappa shape index (κ3) is 2.89. The van der Waals surface area contributed by atoms with Crippen LogP contribution >= 0.6 is 0 Å². The number of benzene rings is 2. The van der Waals surface area contributed by atoms with E-state index in [4.69, 9.17) is 23.9 Å². The van der Waals surface area contributed by atoms with E-state index in [-0.39, 0.29) is 19.6 Å². The molecular formula is C19H19NO4. The summed E-state index contributed by atoms with van der Waals surface area (Å²) in [5, 5.41) is 0. The Morgan fingerprint density at radius 2 is 1.58 bits per heavy atom. The number of hydrogen-bond acceptors (Lipinski definition) is 5. The Morgan fingerprint density at radius 1 is 0.917 bits per heavy atom. The van der Waals surface area contributed by atoms with Gasteiger partial charge in [0.15, 0.2) is 23.0 Å². The maximum absolute atomic E-state index is 5.48. The predicted molar refractivity (Wildman–Crippen MR) is 90.4 cm³/mol. The molecule has 2 aromatic carbocycles. The van der Waals surface area contributed by atoms with Crippen molar-refractivity contribution in [3.63, 3.8) is 0 Å². The monoisotopic (exact) mass is 325 g/mol. The Morgan fingerprint density at radius 3 is 2.33 bits per heavy atom. The standard InChI is InChI=1S/C19H19NO4/c1-2-3-15(14-5-7-17-19(9-14)24-12-22-17)20-10-13-4-6-16-18(8-13)23-11-21-16/h4-10,15H,2-3,11-12H2,1H3/t15-/m0/s1. The molecule has 5 nitrogen and oxygen atoms in total. The Kier molecular flexibility index (Phi) is 3.99. The van der Waals surface area contributed by atoms with Crippen molar-refractivity contribution in [3.8, 4) is 23.0 Å². The van der Waals surface area contributed by atoms with Gasteiger partial charge < -0.3 is 18.9 Å². The summed E-state index contributed by atoms with van der Waals surface area (Å²) in [6.07, 6.45) is 3.92. The molecule has 124 valence electrons. The van der Waals surface area contributed by atoms with Crippen molar-refractivity contribution in [1.82, 2.24) is 0 Å². The molecule has 1 atom stereocenters. The van der Waals surface area contributed by atoms with Crippen LogP contribution in [0.25, 0.3) is 0 Å². The van der Waals surface area contributed by atoms with Gasteiger partial charge in [-0.25, -0.2) is 0 Å². The Hall–Kier alpha value is -2.69. The second-order valence-corrected chi connectivity index (χ2v) is 5.81. The molecule has 0 radical (unpaired) electrons. The Bertz CT molecular complexity index is 772. The molecule has 0 unspecified atom stereocenters. The molecule has 2 heterocycles. The van der Waals surface area contributed by atoms with E-state index < -0.39 is 0 Å². The number of aliphatic imine (C=N–C) groups is 1. The number of fused-ring (bicyclic) bond motifs is 2. The first-order chi connectivity index (χ1) is 11.8. The fourth-order valence-corrected chi connectivity index (χ4v) is 2.89. The van der Waals surface area contributed by atoms with E-state index in [0.717, 1.165) is 47.0 Å². The van der Waals surface area contributed by atoms with Crippen LogP contribution in [0.4, 0.5) is 0 Å². The van der Waals surface area contributed by atoms with Crippen molar-refractivity contribution >= 4 is 6.21 Å². The van der Waals surface area contributed by atoms with E-state index in [2.05, 4.69) is 13.0 Å². The lowest BCUT2D eigenvalue weighted by Gasteiger charge is -2.12. The summed E-state index contributed by atoms with van der Waals surface area (Å²) in [6, 6.07) is 12.0. The lowest BCUT2D eigenvalue weighted by atomic mass is 10.0. The summed E-state index contributed by atoms with van der Waals surface area (Å²) in [5.41, 5.74) is 2.14. The number of hydrogen-bond donors (Lipinski definition) is 0. The fourth-order valence-electron chi connectivity index (χ4n) is 2.89. The van der Waals surface area contributed by atoms with Crippen molar-refractivity contribution in [1.29, 1.82) is 0 Å². The summed E-state index contributed by atoms with van der Waals surface area (Å²) >= 11 is 0. The van der Waals surface area contributed by atoms with Gasteiger partial charge in [-0.3, -0.25) is 4.99 Å². The van der Waals surface area contributed by atoms with E-state index >= 15 is 0 Å². The lowest BCUT2D eigenvalue weighted by Crippen LogP contribution is -1.97. The van der Waals surface area contributed by atoms with E-state index in [9.17, 15) is 0 Å². The molecule has 2 aromatic rings. The molecule has 0 bridgehead atoms. The molecule has 0 saturated heterocycles. The average molecular weight is 325 g/mol. The van der Waals surface area contributed by atoms with Gasteiger partial charge in [0.1, 0.15) is 0 Å². The van der Waals surface area contributed by atoms with Crippen LogP contribution in [-0.2, 0) is 0 Å². The topological polar surface area (TPSA) is 49.3 Å². The smallest absolute Gasteiger partial charge is 0.231 e. The normalized spacial score (nSPS) is 15.9. The van der Waals surface area contributed by atoms with Crippen LogP contribution in [-0.4, -0.2) is 19.8 Å². The highest BCUT2D eigenvalue weighted by atomic mass is 16.7. The van der Waals surface area contributed by atoms with E-state index in [1.54, 1.807) is 0 Å². The lowest BCUT2D eigenvalue weighted by molar-refractivity contribution is 0.173. The maximum Gasteiger partial charge on any atom is 0.231 e. The number of nitrogens with zero attached hydrogens (tertiary/aromatic N) is 1. The second-order valence-electron chi connectivity index (χ2n) is 5.81. The predicted octanol–water partition coefficient (Wildman–Crippen LogP) is 4.10. The molecule has 0 spiro atoms. The zero-order valence-electron chi connectivity index (χ0n) is 13.5. The highest BCUT2D eigenvalue weighted by Crippen LogP contribution is 2.36.